The SMILES string of the molecule is Cn1ncc(Br)c1C(=O)Cc1ccc(Cl)c(Cl)c1. The van der Waals surface area contributed by atoms with Gasteiger partial charge in [0.1, 0.15) is 5.69 Å². The molecule has 0 N–H and O–H groups in total. The van der Waals surface area contributed by atoms with Crippen molar-refractivity contribution in [1.82, 2.24) is 9.78 Å². The van der Waals surface area contributed by atoms with Gasteiger partial charge in [-0.2, -0.15) is 5.10 Å². The maximum Gasteiger partial charge on any atom is 0.186 e. The van der Waals surface area contributed by atoms with E-state index in [1.54, 1.807) is 36.1 Å². The summed E-state index contributed by atoms with van der Waals surface area (Å²) in [6, 6.07) is 5.17. The normalized spacial score (nSPS) is 10.7. The number of aromatic nitrogens is 2. The first-order chi connectivity index (χ1) is 8.49. The van der Waals surface area contributed by atoms with Crippen molar-refractivity contribution in [3.63, 3.8) is 0 Å². The molecule has 1 heterocycles. The zero-order chi connectivity index (χ0) is 13.3. The van der Waals surface area contributed by atoms with Gasteiger partial charge in [-0.25, -0.2) is 0 Å². The number of carbonyl (C=O) groups is 1. The lowest BCUT2D eigenvalue weighted by molar-refractivity contribution is 0.0983. The highest BCUT2D eigenvalue weighted by molar-refractivity contribution is 9.10. The number of aryl methyl sites for hydroxylation is 1. The van der Waals surface area contributed by atoms with Crippen LogP contribution in [0.1, 0.15) is 16.1 Å². The minimum absolute atomic E-state index is 0.0275. The summed E-state index contributed by atoms with van der Waals surface area (Å²) in [5.41, 5.74) is 1.36. The van der Waals surface area contributed by atoms with Crippen molar-refractivity contribution in [2.24, 2.45) is 7.05 Å². The van der Waals surface area contributed by atoms with Gasteiger partial charge in [-0.1, -0.05) is 29.3 Å². The van der Waals surface area contributed by atoms with Crippen molar-refractivity contribution >= 4 is 44.9 Å². The number of rotatable bonds is 3. The quantitative estimate of drug-likeness (QED) is 0.789. The molecule has 0 bridgehead atoms. The number of hydrogen-bond acceptors (Lipinski definition) is 2. The Balaban J connectivity index is 2.24. The Labute approximate surface area is 123 Å². The highest BCUT2D eigenvalue weighted by Gasteiger charge is 2.16. The summed E-state index contributed by atoms with van der Waals surface area (Å²) in [5.74, 6) is -0.0275. The van der Waals surface area contributed by atoms with Crippen LogP contribution in [-0.4, -0.2) is 15.6 Å². The Kier molecular flexibility index (Phi) is 4.10. The number of ketones is 1. The van der Waals surface area contributed by atoms with Gasteiger partial charge in [0.15, 0.2) is 5.78 Å². The Morgan fingerprint density at radius 3 is 2.67 bits per heavy atom. The van der Waals surface area contributed by atoms with Crippen LogP contribution in [0.3, 0.4) is 0 Å². The fraction of sp³-hybridized carbons (Fsp3) is 0.167. The van der Waals surface area contributed by atoms with Gasteiger partial charge in [0.05, 0.1) is 20.7 Å². The van der Waals surface area contributed by atoms with E-state index in [1.807, 2.05) is 0 Å². The van der Waals surface area contributed by atoms with Crippen molar-refractivity contribution in [2.75, 3.05) is 0 Å². The lowest BCUT2D eigenvalue weighted by Gasteiger charge is -2.04. The lowest BCUT2D eigenvalue weighted by Crippen LogP contribution is -2.10. The summed E-state index contributed by atoms with van der Waals surface area (Å²) in [6.07, 6.45) is 1.86. The molecule has 0 spiro atoms. The maximum atomic E-state index is 12.1. The predicted molar refractivity (Wildman–Crippen MR) is 75.4 cm³/mol. The molecule has 0 aliphatic rings. The molecule has 0 aliphatic heterocycles. The Morgan fingerprint density at radius 1 is 1.39 bits per heavy atom. The molecule has 94 valence electrons. The van der Waals surface area contributed by atoms with Crippen LogP contribution < -0.4 is 0 Å². The fourth-order valence-electron chi connectivity index (χ4n) is 1.64. The highest BCUT2D eigenvalue weighted by atomic mass is 79.9. The summed E-state index contributed by atoms with van der Waals surface area (Å²) in [4.78, 5) is 12.1. The summed E-state index contributed by atoms with van der Waals surface area (Å²) < 4.78 is 2.24. The average Bonchev–Trinajstić information content (AvgIpc) is 2.64. The van der Waals surface area contributed by atoms with E-state index in [9.17, 15) is 4.79 Å². The molecule has 0 fully saturated rings. The molecule has 18 heavy (non-hydrogen) atoms. The van der Waals surface area contributed by atoms with Crippen molar-refractivity contribution < 1.29 is 4.79 Å². The molecule has 0 amide bonds. The minimum atomic E-state index is -0.0275. The molecule has 6 heteroatoms. The number of halogens is 3. The zero-order valence-electron chi connectivity index (χ0n) is 9.45. The van der Waals surface area contributed by atoms with E-state index in [0.29, 0.717) is 20.2 Å². The number of benzene rings is 1. The first kappa shape index (κ1) is 13.6. The molecular weight excluding hydrogens is 339 g/mol. The smallest absolute Gasteiger partial charge is 0.186 e. The van der Waals surface area contributed by atoms with Gasteiger partial charge in [0, 0.05) is 13.5 Å². The number of hydrogen-bond donors (Lipinski definition) is 0. The second-order valence-corrected chi connectivity index (χ2v) is 5.48. The molecular formula is C12H9BrCl2N2O. The number of Topliss-reactive ketones (excluding diaryl/α,β-unsaturated/α-hetero) is 1. The van der Waals surface area contributed by atoms with Crippen LogP contribution in [-0.2, 0) is 13.5 Å². The van der Waals surface area contributed by atoms with E-state index in [1.165, 1.54) is 0 Å². The summed E-state index contributed by atoms with van der Waals surface area (Å²) in [7, 11) is 1.73. The third-order valence-corrected chi connectivity index (χ3v) is 3.83. The number of carbonyl (C=O) groups excluding carboxylic acids is 1. The van der Waals surface area contributed by atoms with Gasteiger partial charge >= 0.3 is 0 Å². The van der Waals surface area contributed by atoms with E-state index in [2.05, 4.69) is 21.0 Å². The molecule has 1 aromatic carbocycles. The molecule has 1 aromatic heterocycles. The third-order valence-electron chi connectivity index (χ3n) is 2.51. The topological polar surface area (TPSA) is 34.9 Å². The van der Waals surface area contributed by atoms with E-state index in [-0.39, 0.29) is 12.2 Å². The summed E-state index contributed by atoms with van der Waals surface area (Å²) in [5, 5.41) is 4.94. The lowest BCUT2D eigenvalue weighted by atomic mass is 10.1. The fourth-order valence-corrected chi connectivity index (χ4v) is 2.53. The van der Waals surface area contributed by atoms with Crippen molar-refractivity contribution in [2.45, 2.75) is 6.42 Å². The van der Waals surface area contributed by atoms with Gasteiger partial charge < -0.3 is 0 Å². The average molecular weight is 348 g/mol. The van der Waals surface area contributed by atoms with Gasteiger partial charge in [-0.3, -0.25) is 9.48 Å². The largest absolute Gasteiger partial charge is 0.292 e. The monoisotopic (exact) mass is 346 g/mol. The van der Waals surface area contributed by atoms with E-state index < -0.39 is 0 Å². The molecule has 2 aromatic rings. The molecule has 0 saturated heterocycles. The van der Waals surface area contributed by atoms with Crippen LogP contribution in [0.25, 0.3) is 0 Å². The van der Waals surface area contributed by atoms with Crippen LogP contribution in [0.4, 0.5) is 0 Å². The van der Waals surface area contributed by atoms with Crippen molar-refractivity contribution in [3.05, 3.63) is 50.2 Å². The van der Waals surface area contributed by atoms with Crippen molar-refractivity contribution in [1.29, 1.82) is 0 Å². The second kappa shape index (κ2) is 5.43. The van der Waals surface area contributed by atoms with E-state index in [4.69, 9.17) is 23.2 Å². The minimum Gasteiger partial charge on any atom is -0.292 e. The van der Waals surface area contributed by atoms with Crippen LogP contribution in [0, 0.1) is 0 Å². The molecule has 0 atom stereocenters. The molecule has 0 radical (unpaired) electrons. The highest BCUT2D eigenvalue weighted by Crippen LogP contribution is 2.24. The predicted octanol–water partition coefficient (Wildman–Crippen LogP) is 3.91. The first-order valence-corrected chi connectivity index (χ1v) is 6.68. The number of nitrogens with zero attached hydrogens (tertiary/aromatic N) is 2. The van der Waals surface area contributed by atoms with Gasteiger partial charge in [0.25, 0.3) is 0 Å². The van der Waals surface area contributed by atoms with Crippen LogP contribution >= 0.6 is 39.1 Å². The molecule has 2 rings (SSSR count). The Bertz CT molecular complexity index is 591. The third kappa shape index (κ3) is 2.76. The second-order valence-electron chi connectivity index (χ2n) is 3.81. The standard InChI is InChI=1S/C12H9BrCl2N2O/c1-17-12(8(13)6-16-17)11(18)5-7-2-3-9(14)10(15)4-7/h2-4,6H,5H2,1H3. The summed E-state index contributed by atoms with van der Waals surface area (Å²) in [6.45, 7) is 0. The van der Waals surface area contributed by atoms with Crippen LogP contribution in [0.15, 0.2) is 28.9 Å². The Morgan fingerprint density at radius 2 is 2.11 bits per heavy atom. The van der Waals surface area contributed by atoms with Crippen LogP contribution in [0.2, 0.25) is 10.0 Å². The van der Waals surface area contributed by atoms with Crippen LogP contribution in [0.5, 0.6) is 0 Å². The maximum absolute atomic E-state index is 12.1. The first-order valence-electron chi connectivity index (χ1n) is 5.13. The van der Waals surface area contributed by atoms with Gasteiger partial charge in [0.2, 0.25) is 0 Å². The summed E-state index contributed by atoms with van der Waals surface area (Å²) >= 11 is 15.0. The van der Waals surface area contributed by atoms with Gasteiger partial charge in [-0.15, -0.1) is 0 Å². The molecule has 0 aliphatic carbocycles. The Hall–Kier alpha value is -0.840. The van der Waals surface area contributed by atoms with Gasteiger partial charge in [-0.05, 0) is 33.6 Å². The molecule has 0 saturated carbocycles. The molecule has 3 nitrogen and oxygen atoms in total. The molecule has 0 unspecified atom stereocenters. The zero-order valence-corrected chi connectivity index (χ0v) is 12.6. The van der Waals surface area contributed by atoms with Crippen molar-refractivity contribution in [3.8, 4) is 0 Å². The van der Waals surface area contributed by atoms with E-state index >= 15 is 0 Å². The van der Waals surface area contributed by atoms with E-state index in [0.717, 1.165) is 5.56 Å².